The Labute approximate surface area is 206 Å². The summed E-state index contributed by atoms with van der Waals surface area (Å²) in [5.74, 6) is -0.112. The number of anilines is 2. The number of nitrogens with one attached hydrogen (secondary N) is 3. The summed E-state index contributed by atoms with van der Waals surface area (Å²) >= 11 is 0. The van der Waals surface area contributed by atoms with Crippen LogP contribution in [0.4, 0.5) is 11.5 Å². The zero-order valence-corrected chi connectivity index (χ0v) is 19.6. The first kappa shape index (κ1) is 23.0. The van der Waals surface area contributed by atoms with Crippen LogP contribution in [-0.4, -0.2) is 55.6 Å². The quantitative estimate of drug-likeness (QED) is 0.246. The molecule has 36 heavy (non-hydrogen) atoms. The average molecular weight is 483 g/mol. The van der Waals surface area contributed by atoms with Crippen LogP contribution in [0.15, 0.2) is 72.2 Å². The van der Waals surface area contributed by atoms with Crippen LogP contribution in [0.5, 0.6) is 0 Å². The number of likely N-dealkylation sites (tertiary alicyclic amines) is 1. The number of H-pyrrole nitrogens is 1. The summed E-state index contributed by atoms with van der Waals surface area (Å²) in [6.45, 7) is 4.61. The number of hydrogen-bond acceptors (Lipinski definition) is 7. The molecule has 1 fully saturated rings. The Balaban J connectivity index is 1.48. The van der Waals surface area contributed by atoms with Crippen LogP contribution in [0.1, 0.15) is 24.0 Å². The first-order valence-corrected chi connectivity index (χ1v) is 11.6. The predicted molar refractivity (Wildman–Crippen MR) is 140 cm³/mol. The largest absolute Gasteiger partial charge is 0.382 e. The van der Waals surface area contributed by atoms with Crippen LogP contribution in [0.25, 0.3) is 16.6 Å². The summed E-state index contributed by atoms with van der Waals surface area (Å²) in [5, 5.41) is 23.8. The van der Waals surface area contributed by atoms with E-state index in [9.17, 15) is 9.59 Å². The van der Waals surface area contributed by atoms with E-state index in [-0.39, 0.29) is 34.7 Å². The number of benzene rings is 2. The molecule has 0 aliphatic carbocycles. The monoisotopic (exact) mass is 482 g/mol. The first-order chi connectivity index (χ1) is 17.5. The Hall–Kier alpha value is -4.73. The smallest absolute Gasteiger partial charge is 0.288 e. The molecule has 0 saturated carbocycles. The molecule has 0 bridgehead atoms. The molecule has 2 aromatic heterocycles. The minimum atomic E-state index is -0.478. The third kappa shape index (κ3) is 4.24. The highest BCUT2D eigenvalue weighted by atomic mass is 16.2. The maximum absolute atomic E-state index is 12.8. The van der Waals surface area contributed by atoms with Crippen LogP contribution in [0, 0.1) is 5.41 Å². The Morgan fingerprint density at radius 3 is 2.83 bits per heavy atom. The summed E-state index contributed by atoms with van der Waals surface area (Å²) in [5.41, 5.74) is 8.55. The number of carbonyl (C=O) groups excluding carboxylic acids is 1. The van der Waals surface area contributed by atoms with E-state index >= 15 is 0 Å². The summed E-state index contributed by atoms with van der Waals surface area (Å²) in [6, 6.07) is 15.2. The van der Waals surface area contributed by atoms with Crippen molar-refractivity contribution >= 4 is 34.0 Å². The highest BCUT2D eigenvalue weighted by Crippen LogP contribution is 2.26. The number of nitrogen functional groups attached to an aromatic ring is 1. The maximum atomic E-state index is 12.8. The third-order valence-electron chi connectivity index (χ3n) is 6.37. The summed E-state index contributed by atoms with van der Waals surface area (Å²) in [6.07, 6.45) is 4.58. The van der Waals surface area contributed by atoms with E-state index in [0.717, 1.165) is 29.4 Å². The molecule has 1 aliphatic heterocycles. The number of rotatable bonds is 6. The van der Waals surface area contributed by atoms with E-state index in [4.69, 9.17) is 11.1 Å². The van der Waals surface area contributed by atoms with Gasteiger partial charge in [-0.3, -0.25) is 15.0 Å². The van der Waals surface area contributed by atoms with Gasteiger partial charge in [-0.1, -0.05) is 30.8 Å². The second-order valence-corrected chi connectivity index (χ2v) is 8.70. The molecule has 10 heteroatoms. The molecular formula is C26H26N8O2. The van der Waals surface area contributed by atoms with Gasteiger partial charge in [0.2, 0.25) is 5.91 Å². The molecule has 5 rings (SSSR count). The molecule has 0 spiro atoms. The number of para-hydroxylation sites is 1. The van der Waals surface area contributed by atoms with Crippen molar-refractivity contribution in [3.63, 3.8) is 0 Å². The van der Waals surface area contributed by atoms with Gasteiger partial charge in [0.1, 0.15) is 5.69 Å². The third-order valence-corrected chi connectivity index (χ3v) is 6.37. The van der Waals surface area contributed by atoms with E-state index in [1.165, 1.54) is 6.08 Å². The van der Waals surface area contributed by atoms with Gasteiger partial charge < -0.3 is 16.0 Å². The summed E-state index contributed by atoms with van der Waals surface area (Å²) < 4.78 is 1.83. The fraction of sp³-hybridized carbons (Fsp3) is 0.192. The second-order valence-electron chi connectivity index (χ2n) is 8.70. The fourth-order valence-electron chi connectivity index (χ4n) is 4.59. The van der Waals surface area contributed by atoms with Gasteiger partial charge in [0.25, 0.3) is 5.56 Å². The topological polar surface area (TPSA) is 146 Å². The Morgan fingerprint density at radius 1 is 1.25 bits per heavy atom. The number of nitrogens with two attached hydrogens (primary N) is 1. The number of piperidine rings is 1. The Kier molecular flexibility index (Phi) is 6.07. The van der Waals surface area contributed by atoms with Gasteiger partial charge in [-0.25, -0.2) is 9.78 Å². The van der Waals surface area contributed by atoms with E-state index < -0.39 is 5.56 Å². The number of nitrogens with zero attached hydrogens (tertiary/aromatic N) is 4. The van der Waals surface area contributed by atoms with Gasteiger partial charge in [-0.05, 0) is 43.2 Å². The maximum Gasteiger partial charge on any atom is 0.288 e. The van der Waals surface area contributed by atoms with Crippen LogP contribution in [0.3, 0.4) is 0 Å². The number of amides is 1. The van der Waals surface area contributed by atoms with Crippen molar-refractivity contribution in [3.05, 3.63) is 88.9 Å². The SMILES string of the molecule is C=CC(=O)N1CCCC(Nc2c(C(=N)c3ccc4c(cnn4-c4ccccc4)c3)c(N)n[nH]c2=O)C1. The molecule has 0 radical (unpaired) electrons. The van der Waals surface area contributed by atoms with E-state index in [1.807, 2.05) is 47.1 Å². The second kappa shape index (κ2) is 9.49. The number of hydrogen-bond donors (Lipinski definition) is 4. The van der Waals surface area contributed by atoms with Crippen LogP contribution in [-0.2, 0) is 4.79 Å². The van der Waals surface area contributed by atoms with Gasteiger partial charge in [0.05, 0.1) is 28.7 Å². The van der Waals surface area contributed by atoms with Crippen molar-refractivity contribution in [3.8, 4) is 5.69 Å². The molecule has 5 N–H and O–H groups in total. The molecule has 4 aromatic rings. The Bertz CT molecular complexity index is 1520. The minimum Gasteiger partial charge on any atom is -0.382 e. The standard InChI is InChI=1S/C26H26N8O2/c1-2-21(35)33-12-6-7-18(15-33)30-24-22(25(28)31-32-26(24)36)23(27)16-10-11-20-17(13-16)14-29-34(20)19-8-4-3-5-9-19/h2-5,8-11,13-14,18,27H,1,6-7,12,15H2,(H,32,36)(H3,28,30,31). The molecule has 1 aliphatic rings. The van der Waals surface area contributed by atoms with Gasteiger partial charge in [0, 0.05) is 30.1 Å². The van der Waals surface area contributed by atoms with E-state index in [2.05, 4.69) is 27.2 Å². The van der Waals surface area contributed by atoms with Crippen molar-refractivity contribution in [2.45, 2.75) is 18.9 Å². The lowest BCUT2D eigenvalue weighted by Gasteiger charge is -2.33. The Morgan fingerprint density at radius 2 is 2.06 bits per heavy atom. The van der Waals surface area contributed by atoms with Crippen LogP contribution in [0.2, 0.25) is 0 Å². The molecule has 1 unspecified atom stereocenters. The van der Waals surface area contributed by atoms with Gasteiger partial charge >= 0.3 is 0 Å². The van der Waals surface area contributed by atoms with E-state index in [0.29, 0.717) is 18.7 Å². The van der Waals surface area contributed by atoms with Gasteiger partial charge in [-0.15, -0.1) is 0 Å². The highest BCUT2D eigenvalue weighted by Gasteiger charge is 2.26. The first-order valence-electron chi connectivity index (χ1n) is 11.6. The van der Waals surface area contributed by atoms with Crippen LogP contribution >= 0.6 is 0 Å². The molecule has 182 valence electrons. The van der Waals surface area contributed by atoms with E-state index in [1.54, 1.807) is 17.2 Å². The average Bonchev–Trinajstić information content (AvgIpc) is 3.34. The number of aromatic amines is 1. The molecular weight excluding hydrogens is 456 g/mol. The van der Waals surface area contributed by atoms with Crippen molar-refractivity contribution in [2.24, 2.45) is 0 Å². The molecule has 1 saturated heterocycles. The molecule has 1 amide bonds. The molecule has 1 atom stereocenters. The van der Waals surface area contributed by atoms with Crippen molar-refractivity contribution < 1.29 is 4.79 Å². The fourth-order valence-corrected chi connectivity index (χ4v) is 4.59. The van der Waals surface area contributed by atoms with Gasteiger partial charge in [-0.2, -0.15) is 10.2 Å². The number of aromatic nitrogens is 4. The highest BCUT2D eigenvalue weighted by molar-refractivity contribution is 6.17. The van der Waals surface area contributed by atoms with Gasteiger partial charge in [0.15, 0.2) is 5.82 Å². The van der Waals surface area contributed by atoms with Crippen molar-refractivity contribution in [2.75, 3.05) is 24.1 Å². The lowest BCUT2D eigenvalue weighted by atomic mass is 9.99. The lowest BCUT2D eigenvalue weighted by Crippen LogP contribution is -2.45. The number of fused-ring (bicyclic) bond motifs is 1. The predicted octanol–water partition coefficient (Wildman–Crippen LogP) is 2.70. The minimum absolute atomic E-state index is 0.0389. The molecule has 10 nitrogen and oxygen atoms in total. The zero-order valence-electron chi connectivity index (χ0n) is 19.6. The van der Waals surface area contributed by atoms with Crippen LogP contribution < -0.4 is 16.6 Å². The van der Waals surface area contributed by atoms with Crippen molar-refractivity contribution in [1.29, 1.82) is 5.41 Å². The molecule has 3 heterocycles. The summed E-state index contributed by atoms with van der Waals surface area (Å²) in [7, 11) is 0. The normalized spacial score (nSPS) is 15.6. The lowest BCUT2D eigenvalue weighted by molar-refractivity contribution is -0.127. The zero-order chi connectivity index (χ0) is 25.2. The number of carbonyl (C=O) groups is 1. The summed E-state index contributed by atoms with van der Waals surface area (Å²) in [4.78, 5) is 26.6. The molecule has 2 aromatic carbocycles. The van der Waals surface area contributed by atoms with Crippen molar-refractivity contribution in [1.82, 2.24) is 24.9 Å².